The van der Waals surface area contributed by atoms with Gasteiger partial charge < -0.3 is 4.57 Å². The topological polar surface area (TPSA) is 17.8 Å². The van der Waals surface area contributed by atoms with Crippen LogP contribution >= 0.6 is 11.6 Å². The van der Waals surface area contributed by atoms with Crippen LogP contribution < -0.4 is 0 Å². The standard InChI is InChI=1S/C5H5ClF2N2/c6-4-1-10(3-9-4)2-5(7)8/h1,3,5H,2H2. The lowest BCUT2D eigenvalue weighted by Gasteiger charge is -1.97. The summed E-state index contributed by atoms with van der Waals surface area (Å²) >= 11 is 5.37. The van der Waals surface area contributed by atoms with Crippen LogP contribution in [0.2, 0.25) is 5.15 Å². The molecule has 0 spiro atoms. The minimum Gasteiger partial charge on any atom is -0.330 e. The molecule has 5 heteroatoms. The van der Waals surface area contributed by atoms with E-state index < -0.39 is 6.43 Å². The molecule has 0 aromatic carbocycles. The monoisotopic (exact) mass is 166 g/mol. The van der Waals surface area contributed by atoms with Gasteiger partial charge in [-0.15, -0.1) is 0 Å². The van der Waals surface area contributed by atoms with Crippen molar-refractivity contribution < 1.29 is 8.78 Å². The van der Waals surface area contributed by atoms with Gasteiger partial charge in [-0.05, 0) is 0 Å². The van der Waals surface area contributed by atoms with Gasteiger partial charge >= 0.3 is 0 Å². The van der Waals surface area contributed by atoms with Gasteiger partial charge in [0.2, 0.25) is 0 Å². The summed E-state index contributed by atoms with van der Waals surface area (Å²) in [5.41, 5.74) is 0. The van der Waals surface area contributed by atoms with E-state index in [-0.39, 0.29) is 11.7 Å². The third-order valence-electron chi connectivity index (χ3n) is 0.951. The Morgan fingerprint density at radius 3 is 2.80 bits per heavy atom. The van der Waals surface area contributed by atoms with Gasteiger partial charge in [0.15, 0.2) is 0 Å². The van der Waals surface area contributed by atoms with Crippen molar-refractivity contribution in [3.63, 3.8) is 0 Å². The molecule has 0 bridgehead atoms. The first-order valence-corrected chi connectivity index (χ1v) is 3.01. The first-order chi connectivity index (χ1) is 4.68. The molecule has 1 rings (SSSR count). The van der Waals surface area contributed by atoms with Crippen LogP contribution in [0.15, 0.2) is 12.5 Å². The van der Waals surface area contributed by atoms with E-state index in [2.05, 4.69) is 4.98 Å². The van der Waals surface area contributed by atoms with Crippen molar-refractivity contribution in [3.05, 3.63) is 17.7 Å². The lowest BCUT2D eigenvalue weighted by atomic mass is 10.6. The van der Waals surface area contributed by atoms with Gasteiger partial charge in [0, 0.05) is 6.20 Å². The lowest BCUT2D eigenvalue weighted by Crippen LogP contribution is -2.03. The normalized spacial score (nSPS) is 10.8. The zero-order valence-electron chi connectivity index (χ0n) is 4.97. The van der Waals surface area contributed by atoms with E-state index in [1.807, 2.05) is 0 Å². The minimum absolute atomic E-state index is 0.237. The number of aromatic nitrogens is 2. The summed E-state index contributed by atoms with van der Waals surface area (Å²) in [6, 6.07) is 0. The number of hydrogen-bond donors (Lipinski definition) is 0. The van der Waals surface area contributed by atoms with Crippen LogP contribution in [-0.4, -0.2) is 16.0 Å². The Hall–Kier alpha value is -0.640. The van der Waals surface area contributed by atoms with Crippen LogP contribution in [0.5, 0.6) is 0 Å². The molecule has 2 nitrogen and oxygen atoms in total. The summed E-state index contributed by atoms with van der Waals surface area (Å²) in [5, 5.41) is 0.237. The molecule has 0 N–H and O–H groups in total. The Morgan fingerprint density at radius 1 is 1.70 bits per heavy atom. The molecule has 0 saturated carbocycles. The second-order valence-electron chi connectivity index (χ2n) is 1.78. The van der Waals surface area contributed by atoms with Crippen LogP contribution in [0.4, 0.5) is 8.78 Å². The van der Waals surface area contributed by atoms with Crippen LogP contribution in [0, 0.1) is 0 Å². The average molecular weight is 167 g/mol. The van der Waals surface area contributed by atoms with Crippen molar-refractivity contribution in [2.45, 2.75) is 13.0 Å². The van der Waals surface area contributed by atoms with E-state index in [9.17, 15) is 8.78 Å². The first-order valence-electron chi connectivity index (χ1n) is 2.64. The number of alkyl halides is 2. The maximum absolute atomic E-state index is 11.6. The van der Waals surface area contributed by atoms with Crippen molar-refractivity contribution in [1.29, 1.82) is 0 Å². The highest BCUT2D eigenvalue weighted by Crippen LogP contribution is 2.04. The van der Waals surface area contributed by atoms with Crippen LogP contribution in [-0.2, 0) is 6.54 Å². The molecule has 0 fully saturated rings. The second kappa shape index (κ2) is 2.96. The van der Waals surface area contributed by atoms with E-state index in [1.165, 1.54) is 17.1 Å². The van der Waals surface area contributed by atoms with Crippen LogP contribution in [0.3, 0.4) is 0 Å². The minimum atomic E-state index is -2.36. The van der Waals surface area contributed by atoms with Crippen molar-refractivity contribution in [3.8, 4) is 0 Å². The van der Waals surface area contributed by atoms with E-state index in [0.717, 1.165) is 0 Å². The zero-order valence-corrected chi connectivity index (χ0v) is 5.72. The molecule has 0 amide bonds. The molecule has 1 aromatic heterocycles. The molecule has 56 valence electrons. The number of hydrogen-bond acceptors (Lipinski definition) is 1. The fraction of sp³-hybridized carbons (Fsp3) is 0.400. The number of nitrogens with zero attached hydrogens (tertiary/aromatic N) is 2. The summed E-state index contributed by atoms with van der Waals surface area (Å²) in [4.78, 5) is 3.56. The third-order valence-corrected chi connectivity index (χ3v) is 1.15. The summed E-state index contributed by atoms with van der Waals surface area (Å²) in [5.74, 6) is 0. The maximum Gasteiger partial charge on any atom is 0.256 e. The van der Waals surface area contributed by atoms with Gasteiger partial charge in [-0.1, -0.05) is 11.6 Å². The van der Waals surface area contributed by atoms with Crippen LogP contribution in [0.25, 0.3) is 0 Å². The molecular weight excluding hydrogens is 162 g/mol. The second-order valence-corrected chi connectivity index (χ2v) is 2.17. The molecule has 10 heavy (non-hydrogen) atoms. The Bertz CT molecular complexity index is 211. The summed E-state index contributed by atoms with van der Waals surface area (Å²) < 4.78 is 24.5. The summed E-state index contributed by atoms with van der Waals surface area (Å²) in [6.07, 6.45) is 0.271. The van der Waals surface area contributed by atoms with E-state index in [4.69, 9.17) is 11.6 Å². The number of halogens is 3. The van der Waals surface area contributed by atoms with E-state index in [1.54, 1.807) is 0 Å². The predicted molar refractivity (Wildman–Crippen MR) is 33.2 cm³/mol. The van der Waals surface area contributed by atoms with E-state index in [0.29, 0.717) is 0 Å². The molecule has 0 aliphatic heterocycles. The largest absolute Gasteiger partial charge is 0.330 e. The molecular formula is C5H5ClF2N2. The maximum atomic E-state index is 11.6. The molecule has 0 atom stereocenters. The molecule has 1 aromatic rings. The molecule has 1 heterocycles. The van der Waals surface area contributed by atoms with Gasteiger partial charge in [0.25, 0.3) is 6.43 Å². The van der Waals surface area contributed by atoms with Gasteiger partial charge in [-0.25, -0.2) is 13.8 Å². The average Bonchev–Trinajstić information content (AvgIpc) is 2.13. The van der Waals surface area contributed by atoms with Crippen molar-refractivity contribution in [1.82, 2.24) is 9.55 Å². The summed E-state index contributed by atoms with van der Waals surface area (Å²) in [6.45, 7) is -0.347. The van der Waals surface area contributed by atoms with E-state index >= 15 is 0 Å². The highest BCUT2D eigenvalue weighted by molar-refractivity contribution is 6.29. The van der Waals surface area contributed by atoms with Crippen molar-refractivity contribution in [2.75, 3.05) is 0 Å². The van der Waals surface area contributed by atoms with Crippen molar-refractivity contribution in [2.24, 2.45) is 0 Å². The lowest BCUT2D eigenvalue weighted by molar-refractivity contribution is 0.126. The van der Waals surface area contributed by atoms with Crippen LogP contribution in [0.1, 0.15) is 0 Å². The fourth-order valence-corrected chi connectivity index (χ4v) is 0.761. The zero-order chi connectivity index (χ0) is 7.56. The number of imidazole rings is 1. The Balaban J connectivity index is 2.58. The smallest absolute Gasteiger partial charge is 0.256 e. The van der Waals surface area contributed by atoms with Crippen molar-refractivity contribution >= 4 is 11.6 Å². The summed E-state index contributed by atoms with van der Waals surface area (Å²) in [7, 11) is 0. The number of rotatable bonds is 2. The SMILES string of the molecule is FC(F)Cn1cnc(Cl)c1. The Labute approximate surface area is 61.4 Å². The fourth-order valence-electron chi connectivity index (χ4n) is 0.592. The molecule has 0 aliphatic carbocycles. The highest BCUT2D eigenvalue weighted by atomic mass is 35.5. The molecule has 0 saturated heterocycles. The highest BCUT2D eigenvalue weighted by Gasteiger charge is 2.03. The molecule has 0 unspecified atom stereocenters. The van der Waals surface area contributed by atoms with Gasteiger partial charge in [-0.2, -0.15) is 0 Å². The third kappa shape index (κ3) is 1.95. The van der Waals surface area contributed by atoms with Gasteiger partial charge in [-0.3, -0.25) is 0 Å². The Morgan fingerprint density at radius 2 is 2.40 bits per heavy atom. The first kappa shape index (κ1) is 7.47. The predicted octanol–water partition coefficient (Wildman–Crippen LogP) is 1.80. The van der Waals surface area contributed by atoms with Gasteiger partial charge in [0.05, 0.1) is 12.9 Å². The van der Waals surface area contributed by atoms with Gasteiger partial charge in [0.1, 0.15) is 5.15 Å². The molecule has 0 aliphatic rings. The Kier molecular flexibility index (Phi) is 2.21. The molecule has 0 radical (unpaired) electrons. The quantitative estimate of drug-likeness (QED) is 0.655.